The molecule has 0 fully saturated rings. The molecule has 1 aromatic rings. The first kappa shape index (κ1) is 16.8. The highest BCUT2D eigenvalue weighted by Gasteiger charge is 2.21. The first-order valence-corrected chi connectivity index (χ1v) is 7.92. The summed E-state index contributed by atoms with van der Waals surface area (Å²) in [6.45, 7) is 10.0. The maximum absolute atomic E-state index is 12.1. The standard InChI is InChI=1S/C13H25N5OS/c1-6-7-9(4)15-11(19)10(5)20-13-17-16-12(14)18(13)8(2)3/h8-10H,6-7H2,1-5H3,(H2,14,16)(H,15,19). The predicted octanol–water partition coefficient (Wildman–Crippen LogP) is 2.23. The van der Waals surface area contributed by atoms with E-state index in [0.29, 0.717) is 11.1 Å². The van der Waals surface area contributed by atoms with Crippen LogP contribution in [0.1, 0.15) is 53.5 Å². The summed E-state index contributed by atoms with van der Waals surface area (Å²) in [4.78, 5) is 12.1. The van der Waals surface area contributed by atoms with Gasteiger partial charge in [-0.15, -0.1) is 10.2 Å². The van der Waals surface area contributed by atoms with Gasteiger partial charge in [0.1, 0.15) is 0 Å². The summed E-state index contributed by atoms with van der Waals surface area (Å²) in [5.74, 6) is 0.405. The van der Waals surface area contributed by atoms with Crippen LogP contribution in [0.4, 0.5) is 5.95 Å². The summed E-state index contributed by atoms with van der Waals surface area (Å²) >= 11 is 1.38. The van der Waals surface area contributed by atoms with Gasteiger partial charge < -0.3 is 11.1 Å². The number of aromatic nitrogens is 3. The molecular formula is C13H25N5OS. The highest BCUT2D eigenvalue weighted by Crippen LogP contribution is 2.26. The molecule has 1 aromatic heterocycles. The Hall–Kier alpha value is -1.24. The van der Waals surface area contributed by atoms with Crippen LogP contribution in [-0.4, -0.2) is 32.0 Å². The van der Waals surface area contributed by atoms with E-state index >= 15 is 0 Å². The van der Waals surface area contributed by atoms with Gasteiger partial charge in [0.15, 0.2) is 5.16 Å². The molecule has 114 valence electrons. The van der Waals surface area contributed by atoms with E-state index in [1.807, 2.05) is 32.3 Å². The molecule has 0 aliphatic heterocycles. The number of thioether (sulfide) groups is 1. The number of carbonyl (C=O) groups excluding carboxylic acids is 1. The van der Waals surface area contributed by atoms with E-state index in [-0.39, 0.29) is 23.2 Å². The quantitative estimate of drug-likeness (QED) is 0.754. The third-order valence-corrected chi connectivity index (χ3v) is 4.03. The summed E-state index contributed by atoms with van der Waals surface area (Å²) in [5, 5.41) is 11.4. The maximum Gasteiger partial charge on any atom is 0.233 e. The number of hydrogen-bond acceptors (Lipinski definition) is 5. The molecule has 0 aliphatic rings. The molecule has 6 nitrogen and oxygen atoms in total. The number of hydrogen-bond donors (Lipinski definition) is 2. The summed E-state index contributed by atoms with van der Waals surface area (Å²) in [6, 6.07) is 0.366. The Labute approximate surface area is 124 Å². The van der Waals surface area contributed by atoms with Crippen molar-refractivity contribution in [1.29, 1.82) is 0 Å². The topological polar surface area (TPSA) is 85.8 Å². The lowest BCUT2D eigenvalue weighted by molar-refractivity contribution is -0.120. The lowest BCUT2D eigenvalue weighted by atomic mass is 10.2. The highest BCUT2D eigenvalue weighted by atomic mass is 32.2. The van der Waals surface area contributed by atoms with E-state index in [1.54, 1.807) is 0 Å². The van der Waals surface area contributed by atoms with Crippen LogP contribution in [0.25, 0.3) is 0 Å². The Kier molecular flexibility index (Phi) is 6.32. The van der Waals surface area contributed by atoms with Gasteiger partial charge >= 0.3 is 0 Å². The van der Waals surface area contributed by atoms with E-state index in [2.05, 4.69) is 22.4 Å². The Balaban J connectivity index is 2.66. The molecule has 0 aliphatic carbocycles. The zero-order valence-corrected chi connectivity index (χ0v) is 13.7. The average molecular weight is 299 g/mol. The predicted molar refractivity (Wildman–Crippen MR) is 82.7 cm³/mol. The van der Waals surface area contributed by atoms with Crippen molar-refractivity contribution >= 4 is 23.6 Å². The van der Waals surface area contributed by atoms with Crippen molar-refractivity contribution < 1.29 is 4.79 Å². The minimum atomic E-state index is -0.226. The molecule has 7 heteroatoms. The molecule has 0 aromatic carbocycles. The fourth-order valence-electron chi connectivity index (χ4n) is 1.93. The van der Waals surface area contributed by atoms with E-state index in [0.717, 1.165) is 12.8 Å². The molecule has 0 saturated heterocycles. The van der Waals surface area contributed by atoms with Crippen LogP contribution in [0.5, 0.6) is 0 Å². The van der Waals surface area contributed by atoms with Crippen molar-refractivity contribution in [1.82, 2.24) is 20.1 Å². The number of rotatable bonds is 7. The molecule has 1 amide bonds. The fraction of sp³-hybridized carbons (Fsp3) is 0.769. The van der Waals surface area contributed by atoms with Gasteiger partial charge in [-0.25, -0.2) is 0 Å². The van der Waals surface area contributed by atoms with Crippen LogP contribution in [0.3, 0.4) is 0 Å². The first-order chi connectivity index (χ1) is 9.36. The maximum atomic E-state index is 12.1. The third-order valence-electron chi connectivity index (χ3n) is 2.97. The van der Waals surface area contributed by atoms with Crippen LogP contribution in [-0.2, 0) is 4.79 Å². The normalized spacial score (nSPS) is 14.3. The van der Waals surface area contributed by atoms with Crippen LogP contribution in [0, 0.1) is 0 Å². The Morgan fingerprint density at radius 1 is 1.35 bits per heavy atom. The van der Waals surface area contributed by atoms with Crippen LogP contribution < -0.4 is 11.1 Å². The number of amides is 1. The Morgan fingerprint density at radius 3 is 2.55 bits per heavy atom. The van der Waals surface area contributed by atoms with Gasteiger partial charge in [0.05, 0.1) is 5.25 Å². The van der Waals surface area contributed by atoms with Gasteiger partial charge in [-0.05, 0) is 34.1 Å². The molecule has 0 spiro atoms. The monoisotopic (exact) mass is 299 g/mol. The minimum absolute atomic E-state index is 0.0211. The number of nitrogens with zero attached hydrogens (tertiary/aromatic N) is 3. The number of anilines is 1. The Bertz CT molecular complexity index is 446. The summed E-state index contributed by atoms with van der Waals surface area (Å²) in [5.41, 5.74) is 5.79. The van der Waals surface area contributed by atoms with Crippen molar-refractivity contribution in [3.05, 3.63) is 0 Å². The number of nitrogens with two attached hydrogens (primary N) is 1. The lowest BCUT2D eigenvalue weighted by Gasteiger charge is -2.17. The minimum Gasteiger partial charge on any atom is -0.368 e. The first-order valence-electron chi connectivity index (χ1n) is 7.04. The van der Waals surface area contributed by atoms with E-state index in [9.17, 15) is 4.79 Å². The van der Waals surface area contributed by atoms with Gasteiger partial charge in [-0.3, -0.25) is 9.36 Å². The molecule has 2 atom stereocenters. The molecule has 1 heterocycles. The van der Waals surface area contributed by atoms with Crippen molar-refractivity contribution in [3.8, 4) is 0 Å². The van der Waals surface area contributed by atoms with Crippen molar-refractivity contribution in [2.24, 2.45) is 0 Å². The van der Waals surface area contributed by atoms with Crippen molar-refractivity contribution in [3.63, 3.8) is 0 Å². The zero-order valence-electron chi connectivity index (χ0n) is 12.9. The molecule has 3 N–H and O–H groups in total. The SMILES string of the molecule is CCCC(C)NC(=O)C(C)Sc1nnc(N)n1C(C)C. The fourth-order valence-corrected chi connectivity index (χ4v) is 2.93. The third kappa shape index (κ3) is 4.40. The van der Waals surface area contributed by atoms with E-state index in [4.69, 9.17) is 5.73 Å². The van der Waals surface area contributed by atoms with Gasteiger partial charge in [-0.1, -0.05) is 25.1 Å². The van der Waals surface area contributed by atoms with Gasteiger partial charge in [0.2, 0.25) is 11.9 Å². The molecule has 0 radical (unpaired) electrons. The van der Waals surface area contributed by atoms with Crippen LogP contribution >= 0.6 is 11.8 Å². The van der Waals surface area contributed by atoms with Gasteiger partial charge in [0.25, 0.3) is 0 Å². The molecule has 0 bridgehead atoms. The van der Waals surface area contributed by atoms with Gasteiger partial charge in [-0.2, -0.15) is 0 Å². The van der Waals surface area contributed by atoms with Crippen LogP contribution in [0.15, 0.2) is 5.16 Å². The summed E-state index contributed by atoms with van der Waals surface area (Å²) in [7, 11) is 0. The molecule has 0 saturated carbocycles. The molecule has 2 unspecified atom stereocenters. The number of carbonyl (C=O) groups is 1. The highest BCUT2D eigenvalue weighted by molar-refractivity contribution is 8.00. The van der Waals surface area contributed by atoms with Gasteiger partial charge in [0, 0.05) is 12.1 Å². The second-order valence-electron chi connectivity index (χ2n) is 5.26. The zero-order chi connectivity index (χ0) is 15.3. The molecular weight excluding hydrogens is 274 g/mol. The largest absolute Gasteiger partial charge is 0.368 e. The summed E-state index contributed by atoms with van der Waals surface area (Å²) < 4.78 is 1.84. The van der Waals surface area contributed by atoms with E-state index < -0.39 is 0 Å². The number of nitrogens with one attached hydrogen (secondary N) is 1. The number of nitrogen functional groups attached to an aromatic ring is 1. The Morgan fingerprint density at radius 2 is 2.00 bits per heavy atom. The smallest absolute Gasteiger partial charge is 0.233 e. The summed E-state index contributed by atoms with van der Waals surface area (Å²) in [6.07, 6.45) is 2.04. The molecule has 1 rings (SSSR count). The lowest BCUT2D eigenvalue weighted by Crippen LogP contribution is -2.37. The van der Waals surface area contributed by atoms with Crippen molar-refractivity contribution in [2.45, 2.75) is 70.0 Å². The van der Waals surface area contributed by atoms with Crippen LogP contribution in [0.2, 0.25) is 0 Å². The van der Waals surface area contributed by atoms with Crippen molar-refractivity contribution in [2.75, 3.05) is 5.73 Å². The van der Waals surface area contributed by atoms with E-state index in [1.165, 1.54) is 11.8 Å². The second-order valence-corrected chi connectivity index (χ2v) is 6.57. The second kappa shape index (κ2) is 7.52. The average Bonchev–Trinajstić information content (AvgIpc) is 2.70. The molecule has 20 heavy (non-hydrogen) atoms.